The number of anilines is 1. The van der Waals surface area contributed by atoms with Crippen molar-refractivity contribution in [1.82, 2.24) is 15.3 Å². The minimum absolute atomic E-state index is 0.933. The van der Waals surface area contributed by atoms with Gasteiger partial charge in [0.2, 0.25) is 0 Å². The predicted octanol–water partition coefficient (Wildman–Crippen LogP) is 3.35. The van der Waals surface area contributed by atoms with Crippen LogP contribution in [0.2, 0.25) is 0 Å². The van der Waals surface area contributed by atoms with Crippen LogP contribution in [0.25, 0.3) is 22.2 Å². The highest BCUT2D eigenvalue weighted by molar-refractivity contribution is 5.93. The first-order valence-corrected chi connectivity index (χ1v) is 9.16. The molecule has 3 aromatic rings. The van der Waals surface area contributed by atoms with Crippen LogP contribution in [0.15, 0.2) is 47.6 Å². The monoisotopic (exact) mass is 343 g/mol. The molecule has 1 N–H and O–H groups in total. The van der Waals surface area contributed by atoms with Crippen LogP contribution < -0.4 is 10.2 Å². The predicted molar refractivity (Wildman–Crippen MR) is 107 cm³/mol. The Hall–Kier alpha value is -2.79. The summed E-state index contributed by atoms with van der Waals surface area (Å²) in [6, 6.07) is 12.9. The molecule has 130 valence electrons. The van der Waals surface area contributed by atoms with Gasteiger partial charge >= 0.3 is 0 Å². The molecule has 3 heterocycles. The van der Waals surface area contributed by atoms with Crippen molar-refractivity contribution in [2.75, 3.05) is 31.1 Å². The molecule has 0 bridgehead atoms. The van der Waals surface area contributed by atoms with Crippen LogP contribution in [-0.2, 0) is 6.42 Å². The van der Waals surface area contributed by atoms with E-state index in [4.69, 9.17) is 4.98 Å². The van der Waals surface area contributed by atoms with Crippen LogP contribution in [0.5, 0.6) is 0 Å². The average Bonchev–Trinajstić information content (AvgIpc) is 3.07. The zero-order chi connectivity index (χ0) is 17.5. The van der Waals surface area contributed by atoms with E-state index in [1.54, 1.807) is 0 Å². The summed E-state index contributed by atoms with van der Waals surface area (Å²) in [4.78, 5) is 16.4. The summed E-state index contributed by atoms with van der Waals surface area (Å²) in [5.74, 6) is 0.963. The lowest BCUT2D eigenvalue weighted by molar-refractivity contribution is 0.585. The highest BCUT2D eigenvalue weighted by Crippen LogP contribution is 2.32. The maximum atomic E-state index is 4.88. The Morgan fingerprint density at radius 2 is 1.77 bits per heavy atom. The number of aliphatic imine (C=N–C) groups is 1. The number of aromatic nitrogens is 2. The Morgan fingerprint density at radius 1 is 0.962 bits per heavy atom. The molecule has 2 aromatic carbocycles. The fraction of sp³-hybridized carbons (Fsp3) is 0.286. The number of rotatable bonds is 2. The Bertz CT molecular complexity index is 1020. The van der Waals surface area contributed by atoms with Gasteiger partial charge < -0.3 is 10.2 Å². The fourth-order valence-electron chi connectivity index (χ4n) is 3.75. The molecule has 0 unspecified atom stereocenters. The Labute approximate surface area is 152 Å². The Morgan fingerprint density at radius 3 is 2.65 bits per heavy atom. The summed E-state index contributed by atoms with van der Waals surface area (Å²) in [6.07, 6.45) is 2.85. The molecule has 1 saturated heterocycles. The van der Waals surface area contributed by atoms with Crippen molar-refractivity contribution in [3.8, 4) is 11.1 Å². The van der Waals surface area contributed by atoms with Crippen LogP contribution >= 0.6 is 0 Å². The number of piperazine rings is 1. The van der Waals surface area contributed by atoms with E-state index < -0.39 is 0 Å². The largest absolute Gasteiger partial charge is 0.353 e. The molecule has 2 aliphatic heterocycles. The summed E-state index contributed by atoms with van der Waals surface area (Å²) in [5, 5.41) is 3.38. The highest BCUT2D eigenvalue weighted by atomic mass is 15.2. The van der Waals surface area contributed by atoms with Crippen LogP contribution in [0, 0.1) is 0 Å². The molecule has 5 nitrogen and oxygen atoms in total. The smallest absolute Gasteiger partial charge is 0.147 e. The zero-order valence-electron chi connectivity index (χ0n) is 14.9. The van der Waals surface area contributed by atoms with Gasteiger partial charge in [0.25, 0.3) is 0 Å². The SMILES string of the molecule is CC1=Nc2cc(-c3ccc4ncc(N5CCNCC5)nc4c3)ccc2C1. The lowest BCUT2D eigenvalue weighted by atomic mass is 10.0. The molecule has 1 fully saturated rings. The second-order valence-corrected chi connectivity index (χ2v) is 7.04. The summed E-state index contributed by atoms with van der Waals surface area (Å²) in [5.41, 5.74) is 7.81. The molecule has 5 rings (SSSR count). The molecule has 26 heavy (non-hydrogen) atoms. The molecule has 0 saturated carbocycles. The van der Waals surface area contributed by atoms with Crippen LogP contribution in [0.4, 0.5) is 11.5 Å². The molecule has 2 aliphatic rings. The van der Waals surface area contributed by atoms with Gasteiger partial charge in [-0.05, 0) is 41.8 Å². The summed E-state index contributed by atoms with van der Waals surface area (Å²) < 4.78 is 0. The van der Waals surface area contributed by atoms with Gasteiger partial charge in [-0.2, -0.15) is 0 Å². The van der Waals surface area contributed by atoms with Gasteiger partial charge in [0.15, 0.2) is 0 Å². The van der Waals surface area contributed by atoms with E-state index in [9.17, 15) is 0 Å². The van der Waals surface area contributed by atoms with Gasteiger partial charge in [-0.25, -0.2) is 4.98 Å². The second kappa shape index (κ2) is 6.18. The van der Waals surface area contributed by atoms with E-state index in [1.807, 2.05) is 6.20 Å². The molecular weight excluding hydrogens is 322 g/mol. The molecular formula is C21H21N5. The van der Waals surface area contributed by atoms with Crippen LogP contribution in [0.3, 0.4) is 0 Å². The van der Waals surface area contributed by atoms with Crippen molar-refractivity contribution in [3.05, 3.63) is 48.2 Å². The first-order chi connectivity index (χ1) is 12.8. The summed E-state index contributed by atoms with van der Waals surface area (Å²) in [7, 11) is 0. The van der Waals surface area contributed by atoms with Crippen molar-refractivity contribution >= 4 is 28.3 Å². The summed E-state index contributed by atoms with van der Waals surface area (Å²) >= 11 is 0. The van der Waals surface area contributed by atoms with E-state index in [-0.39, 0.29) is 0 Å². The zero-order valence-corrected chi connectivity index (χ0v) is 14.9. The van der Waals surface area contributed by atoms with E-state index in [1.165, 1.54) is 16.8 Å². The average molecular weight is 343 g/mol. The van der Waals surface area contributed by atoms with Crippen molar-refractivity contribution < 1.29 is 0 Å². The highest BCUT2D eigenvalue weighted by Gasteiger charge is 2.14. The maximum absolute atomic E-state index is 4.88. The minimum atomic E-state index is 0.933. The van der Waals surface area contributed by atoms with Crippen molar-refractivity contribution in [3.63, 3.8) is 0 Å². The normalized spacial score (nSPS) is 16.7. The lowest BCUT2D eigenvalue weighted by Crippen LogP contribution is -2.43. The number of nitrogens with one attached hydrogen (secondary N) is 1. The van der Waals surface area contributed by atoms with Gasteiger partial charge in [-0.3, -0.25) is 9.98 Å². The minimum Gasteiger partial charge on any atom is -0.353 e. The number of hydrogen-bond donors (Lipinski definition) is 1. The van der Waals surface area contributed by atoms with Crippen molar-refractivity contribution in [1.29, 1.82) is 0 Å². The molecule has 0 radical (unpaired) electrons. The van der Waals surface area contributed by atoms with Gasteiger partial charge in [-0.15, -0.1) is 0 Å². The van der Waals surface area contributed by atoms with E-state index in [2.05, 4.69) is 63.5 Å². The molecule has 0 amide bonds. The number of hydrogen-bond acceptors (Lipinski definition) is 5. The molecule has 0 atom stereocenters. The number of fused-ring (bicyclic) bond motifs is 2. The van der Waals surface area contributed by atoms with Crippen LogP contribution in [0.1, 0.15) is 12.5 Å². The van der Waals surface area contributed by atoms with Gasteiger partial charge in [-0.1, -0.05) is 18.2 Å². The Balaban J connectivity index is 1.53. The van der Waals surface area contributed by atoms with Crippen molar-refractivity contribution in [2.45, 2.75) is 13.3 Å². The van der Waals surface area contributed by atoms with Crippen LogP contribution in [-0.4, -0.2) is 41.9 Å². The molecule has 1 aromatic heterocycles. The third-order valence-electron chi connectivity index (χ3n) is 5.15. The quantitative estimate of drug-likeness (QED) is 0.775. The molecule has 5 heteroatoms. The van der Waals surface area contributed by atoms with E-state index >= 15 is 0 Å². The van der Waals surface area contributed by atoms with E-state index in [0.29, 0.717) is 0 Å². The molecule has 0 aliphatic carbocycles. The van der Waals surface area contributed by atoms with Gasteiger partial charge in [0.1, 0.15) is 5.82 Å². The van der Waals surface area contributed by atoms with E-state index in [0.717, 1.165) is 60.7 Å². The number of nitrogens with zero attached hydrogens (tertiary/aromatic N) is 4. The maximum Gasteiger partial charge on any atom is 0.147 e. The first-order valence-electron chi connectivity index (χ1n) is 9.16. The van der Waals surface area contributed by atoms with Gasteiger partial charge in [0, 0.05) is 38.3 Å². The van der Waals surface area contributed by atoms with Gasteiger partial charge in [0.05, 0.1) is 22.9 Å². The lowest BCUT2D eigenvalue weighted by Gasteiger charge is -2.28. The first kappa shape index (κ1) is 15.5. The number of benzene rings is 2. The summed E-state index contributed by atoms with van der Waals surface area (Å²) in [6.45, 7) is 6.02. The topological polar surface area (TPSA) is 53.4 Å². The third kappa shape index (κ3) is 2.74. The third-order valence-corrected chi connectivity index (χ3v) is 5.15. The Kier molecular flexibility index (Phi) is 3.68. The van der Waals surface area contributed by atoms with Crippen molar-refractivity contribution in [2.24, 2.45) is 4.99 Å². The fourth-order valence-corrected chi connectivity index (χ4v) is 3.75. The standard InChI is InChI=1S/C21H21N5/c1-14-10-17-3-2-15(11-19(17)24-14)16-4-5-18-20(12-16)25-21(13-23-18)26-8-6-22-7-9-26/h2-5,11-13,22H,6-10H2,1H3. The molecule has 0 spiro atoms. The second-order valence-electron chi connectivity index (χ2n) is 7.04.